The molecule has 1 aromatic heterocycles. The second kappa shape index (κ2) is 19.5. The highest BCUT2D eigenvalue weighted by Gasteiger charge is 2.50. The van der Waals surface area contributed by atoms with Crippen molar-refractivity contribution in [1.29, 1.82) is 0 Å². The zero-order valence-corrected chi connectivity index (χ0v) is 36.6. The van der Waals surface area contributed by atoms with Gasteiger partial charge in [-0.25, -0.2) is 4.98 Å². The topological polar surface area (TPSA) is 155 Å². The maximum atomic E-state index is 14.4. The lowest BCUT2D eigenvalue weighted by atomic mass is 9.60. The van der Waals surface area contributed by atoms with E-state index in [2.05, 4.69) is 34.3 Å². The van der Waals surface area contributed by atoms with Crippen LogP contribution in [0.4, 0.5) is 5.82 Å². The summed E-state index contributed by atoms with van der Waals surface area (Å²) in [5, 5.41) is 38.9. The van der Waals surface area contributed by atoms with Gasteiger partial charge in [0.2, 0.25) is 0 Å². The number of aromatic nitrogens is 1. The van der Waals surface area contributed by atoms with E-state index < -0.39 is 17.6 Å². The molecule has 9 unspecified atom stereocenters. The number of pyridine rings is 1. The Kier molecular flexibility index (Phi) is 13.9. The van der Waals surface area contributed by atoms with Gasteiger partial charge in [0, 0.05) is 48.9 Å². The third kappa shape index (κ3) is 9.83. The number of carbonyl (C=O) groups excluding carboxylic acids is 2. The number of aromatic hydroxyl groups is 1. The van der Waals surface area contributed by atoms with Crippen LogP contribution in [0.15, 0.2) is 66.9 Å². The summed E-state index contributed by atoms with van der Waals surface area (Å²) in [4.78, 5) is 31.0. The van der Waals surface area contributed by atoms with Crippen molar-refractivity contribution in [2.45, 2.75) is 158 Å². The number of phenols is 1. The second-order valence-corrected chi connectivity index (χ2v) is 19.5. The summed E-state index contributed by atoms with van der Waals surface area (Å²) in [6.45, 7) is 0. The fourth-order valence-corrected chi connectivity index (χ4v) is 12.1. The Balaban J connectivity index is 0.988. The standard InChI is InChI=1S/C53H67N3O6/c1-62-48-31-40-15-19-49(60)52(25-20-36(28-50(52)61)11-16-42-29-41-14-18-44(58)33-46(41)56-53(42)23-6-3-7-24-53)26-21-37(45(40)34-47(48)59)13-17-43(57)30-38(39-22-27-55-51(54)32-39)12-10-35-8-4-2-5-9-35/h2,4-5,8-10,12,22,27,31-32,34,36-38,41-43,46,50,56-57,59,61H,3,6-7,11,13-20,23-25,28-30,33H2,1H3,(H2,54,55). The number of Topliss-reactive ketones (excluding diaryl/α,β-unsaturated/α-hetero) is 2. The third-order valence-corrected chi connectivity index (χ3v) is 15.7. The number of hydrogen-bond donors (Lipinski definition) is 5. The summed E-state index contributed by atoms with van der Waals surface area (Å²) in [6.07, 6.45) is 20.1. The summed E-state index contributed by atoms with van der Waals surface area (Å²) in [6, 6.07) is 17.7. The number of nitrogens with two attached hydrogens (primary N) is 1. The van der Waals surface area contributed by atoms with Gasteiger partial charge < -0.3 is 31.1 Å². The van der Waals surface area contributed by atoms with E-state index in [1.165, 1.54) is 45.6 Å². The van der Waals surface area contributed by atoms with E-state index in [0.717, 1.165) is 47.9 Å². The highest BCUT2D eigenvalue weighted by atomic mass is 16.5. The molecule has 2 heterocycles. The number of benzene rings is 2. The van der Waals surface area contributed by atoms with E-state index in [4.69, 9.17) is 10.5 Å². The predicted octanol–water partition coefficient (Wildman–Crippen LogP) is 8.99. The number of nitrogens with zero attached hydrogens (tertiary/aromatic N) is 1. The van der Waals surface area contributed by atoms with Crippen LogP contribution in [0.3, 0.4) is 0 Å². The fourth-order valence-electron chi connectivity index (χ4n) is 12.1. The van der Waals surface area contributed by atoms with E-state index in [0.29, 0.717) is 92.5 Å². The van der Waals surface area contributed by atoms with Gasteiger partial charge in [-0.2, -0.15) is 0 Å². The second-order valence-electron chi connectivity index (χ2n) is 19.5. The summed E-state index contributed by atoms with van der Waals surface area (Å²) in [7, 11) is 1.52. The average molecular weight is 842 g/mol. The molecule has 8 rings (SSSR count). The number of methoxy groups -OCH3 is 1. The van der Waals surface area contributed by atoms with Gasteiger partial charge in [0.25, 0.3) is 0 Å². The summed E-state index contributed by atoms with van der Waals surface area (Å²) >= 11 is 0. The molecule has 9 atom stereocenters. The van der Waals surface area contributed by atoms with Crippen molar-refractivity contribution in [1.82, 2.24) is 10.3 Å². The minimum atomic E-state index is -1.16. The van der Waals surface area contributed by atoms with E-state index in [9.17, 15) is 24.9 Å². The molecule has 3 saturated carbocycles. The molecule has 330 valence electrons. The molecule has 2 aromatic carbocycles. The lowest BCUT2D eigenvalue weighted by Gasteiger charge is -2.54. The Bertz CT molecular complexity index is 2140. The minimum absolute atomic E-state index is 0.0106. The number of ether oxygens (including phenoxy) is 1. The number of ketones is 2. The molecule has 1 aliphatic heterocycles. The van der Waals surface area contributed by atoms with Crippen LogP contribution in [0.25, 0.3) is 6.08 Å². The number of fused-ring (bicyclic) bond motifs is 2. The number of anilines is 1. The fraction of sp³-hybridized carbons (Fsp3) is 0.566. The lowest BCUT2D eigenvalue weighted by Crippen LogP contribution is -2.63. The molecule has 4 aliphatic carbocycles. The normalized spacial score (nSPS) is 29.4. The summed E-state index contributed by atoms with van der Waals surface area (Å²) in [5.41, 5.74) is 8.81. The Labute approximate surface area is 368 Å². The lowest BCUT2D eigenvalue weighted by molar-refractivity contribution is -0.134. The number of aryl methyl sites for hydroxylation is 1. The highest BCUT2D eigenvalue weighted by molar-refractivity contribution is 5.89. The van der Waals surface area contributed by atoms with Crippen LogP contribution in [0.5, 0.6) is 11.5 Å². The number of rotatable bonds is 12. The van der Waals surface area contributed by atoms with Gasteiger partial charge in [-0.1, -0.05) is 80.0 Å². The first kappa shape index (κ1) is 44.1. The zero-order valence-electron chi connectivity index (χ0n) is 36.6. The molecule has 1 saturated heterocycles. The van der Waals surface area contributed by atoms with Crippen LogP contribution in [-0.2, 0) is 16.0 Å². The smallest absolute Gasteiger partial charge is 0.160 e. The molecule has 3 aromatic rings. The SMILES string of the molecule is COc1cc2c(cc1O)C(CCC(O)CC(C=Cc1ccccc1)c1ccnc(N)c1)C#CC1(CCC(CCC3CC4CCC(=O)CC4NC34CCCCC4)CC1O)C(=O)CC2. The van der Waals surface area contributed by atoms with Gasteiger partial charge in [-0.15, -0.1) is 0 Å². The molecule has 9 nitrogen and oxygen atoms in total. The van der Waals surface area contributed by atoms with Crippen molar-refractivity contribution in [2.24, 2.45) is 23.2 Å². The quantitative estimate of drug-likeness (QED) is 0.112. The maximum absolute atomic E-state index is 14.4. The van der Waals surface area contributed by atoms with Crippen molar-refractivity contribution in [3.05, 3.63) is 89.1 Å². The van der Waals surface area contributed by atoms with Gasteiger partial charge in [0.15, 0.2) is 17.3 Å². The first-order valence-electron chi connectivity index (χ1n) is 23.6. The number of piperidine rings is 1. The molecule has 0 radical (unpaired) electrons. The maximum Gasteiger partial charge on any atom is 0.160 e. The molecule has 6 N–H and O–H groups in total. The Morgan fingerprint density at radius 1 is 0.984 bits per heavy atom. The van der Waals surface area contributed by atoms with Gasteiger partial charge in [-0.05, 0) is 141 Å². The van der Waals surface area contributed by atoms with Gasteiger partial charge in [-0.3, -0.25) is 9.59 Å². The molecule has 62 heavy (non-hydrogen) atoms. The summed E-state index contributed by atoms with van der Waals surface area (Å²) < 4.78 is 5.51. The van der Waals surface area contributed by atoms with Crippen LogP contribution in [-0.4, -0.2) is 62.8 Å². The molecule has 2 spiro atoms. The van der Waals surface area contributed by atoms with Gasteiger partial charge in [0.1, 0.15) is 17.0 Å². The van der Waals surface area contributed by atoms with Crippen LogP contribution < -0.4 is 15.8 Å². The number of nitrogen functional groups attached to an aromatic ring is 1. The molecule has 5 aliphatic rings. The van der Waals surface area contributed by atoms with E-state index in [-0.39, 0.29) is 35.3 Å². The minimum Gasteiger partial charge on any atom is -0.504 e. The molecule has 0 amide bonds. The van der Waals surface area contributed by atoms with E-state index in [1.807, 2.05) is 48.5 Å². The van der Waals surface area contributed by atoms with Crippen LogP contribution in [0, 0.1) is 35.0 Å². The number of aliphatic hydroxyl groups is 2. The molecule has 9 heteroatoms. The largest absolute Gasteiger partial charge is 0.504 e. The van der Waals surface area contributed by atoms with Crippen molar-refractivity contribution >= 4 is 23.5 Å². The Morgan fingerprint density at radius 2 is 1.81 bits per heavy atom. The van der Waals surface area contributed by atoms with E-state index >= 15 is 0 Å². The van der Waals surface area contributed by atoms with Gasteiger partial charge >= 0.3 is 0 Å². The van der Waals surface area contributed by atoms with Gasteiger partial charge in [0.05, 0.1) is 19.3 Å². The highest BCUT2D eigenvalue weighted by Crippen LogP contribution is 2.49. The average Bonchev–Trinajstić information content (AvgIpc) is 3.32. The summed E-state index contributed by atoms with van der Waals surface area (Å²) in [5.74, 6) is 9.06. The Morgan fingerprint density at radius 3 is 2.58 bits per heavy atom. The molecular weight excluding hydrogens is 775 g/mol. The van der Waals surface area contributed by atoms with E-state index in [1.54, 1.807) is 12.3 Å². The van der Waals surface area contributed by atoms with Crippen LogP contribution >= 0.6 is 0 Å². The first-order valence-corrected chi connectivity index (χ1v) is 23.6. The number of aliphatic hydroxyl groups excluding tert-OH is 2. The monoisotopic (exact) mass is 842 g/mol. The molecular formula is C53H67N3O6. The Hall–Kier alpha value is -4.49. The van der Waals surface area contributed by atoms with Crippen molar-refractivity contribution in [3.8, 4) is 23.3 Å². The first-order chi connectivity index (χ1) is 30.0. The number of carbonyl (C=O) groups is 2. The number of phenolic OH excluding ortho intramolecular Hbond substituents is 1. The third-order valence-electron chi connectivity index (χ3n) is 15.7. The predicted molar refractivity (Wildman–Crippen MR) is 243 cm³/mol. The van der Waals surface area contributed by atoms with Crippen molar-refractivity contribution < 1.29 is 29.6 Å². The number of nitrogens with one attached hydrogen (secondary N) is 1. The zero-order chi connectivity index (χ0) is 43.3. The number of allylic oxidation sites excluding steroid dienone is 1. The van der Waals surface area contributed by atoms with Crippen LogP contribution in [0.2, 0.25) is 0 Å². The molecule has 0 bridgehead atoms. The molecule has 4 fully saturated rings. The number of hydrogen-bond acceptors (Lipinski definition) is 9. The van der Waals surface area contributed by atoms with Crippen molar-refractivity contribution in [2.75, 3.05) is 12.8 Å². The van der Waals surface area contributed by atoms with Crippen LogP contribution in [0.1, 0.15) is 150 Å². The van der Waals surface area contributed by atoms with Crippen molar-refractivity contribution in [3.63, 3.8) is 0 Å².